The lowest BCUT2D eigenvalue weighted by molar-refractivity contribution is 0.0330. The van der Waals surface area contributed by atoms with E-state index in [0.29, 0.717) is 13.0 Å². The molecule has 8 nitrogen and oxygen atoms in total. The molecule has 0 unspecified atom stereocenters. The number of nitrogens with one attached hydrogen (secondary N) is 1. The van der Waals surface area contributed by atoms with Crippen LogP contribution in [0, 0.1) is 12.7 Å². The number of rotatable bonds is 4. The summed E-state index contributed by atoms with van der Waals surface area (Å²) in [6, 6.07) is 4.22. The Kier molecular flexibility index (Phi) is 5.77. The third kappa shape index (κ3) is 3.66. The van der Waals surface area contributed by atoms with Crippen LogP contribution in [0.25, 0.3) is 0 Å². The Morgan fingerprint density at radius 2 is 2.06 bits per heavy atom. The number of methoxy groups -OCH3 is 1. The number of ether oxygens (including phenoxy) is 1. The van der Waals surface area contributed by atoms with Gasteiger partial charge in [-0.05, 0) is 38.3 Å². The Morgan fingerprint density at radius 3 is 2.75 bits per heavy atom. The second-order valence-electron chi connectivity index (χ2n) is 8.48. The first-order valence-corrected chi connectivity index (χ1v) is 10.6. The molecule has 1 fully saturated rings. The van der Waals surface area contributed by atoms with Gasteiger partial charge in [0, 0.05) is 38.0 Å². The summed E-state index contributed by atoms with van der Waals surface area (Å²) < 4.78 is 21.2. The minimum Gasteiger partial charge on any atom is -0.503 e. The summed E-state index contributed by atoms with van der Waals surface area (Å²) in [6.45, 7) is 3.90. The van der Waals surface area contributed by atoms with E-state index in [1.54, 1.807) is 31.1 Å². The van der Waals surface area contributed by atoms with Crippen molar-refractivity contribution in [1.29, 1.82) is 0 Å². The Bertz CT molecular complexity index is 1150. The molecule has 0 radical (unpaired) electrons. The van der Waals surface area contributed by atoms with Crippen LogP contribution in [0.1, 0.15) is 57.8 Å². The lowest BCUT2D eigenvalue weighted by Crippen LogP contribution is -2.49. The molecule has 2 aliphatic heterocycles. The van der Waals surface area contributed by atoms with E-state index in [2.05, 4.69) is 5.32 Å². The summed E-state index contributed by atoms with van der Waals surface area (Å²) in [4.78, 5) is 40.3. The fourth-order valence-corrected chi connectivity index (χ4v) is 4.53. The fourth-order valence-electron chi connectivity index (χ4n) is 4.53. The first-order valence-electron chi connectivity index (χ1n) is 10.6. The molecule has 2 N–H and O–H groups in total. The van der Waals surface area contributed by atoms with Gasteiger partial charge in [0.25, 0.3) is 11.8 Å². The molecule has 2 aliphatic rings. The maximum atomic E-state index is 14.1. The summed E-state index contributed by atoms with van der Waals surface area (Å²) in [5.74, 6) is -2.43. The van der Waals surface area contributed by atoms with Crippen molar-refractivity contribution in [3.05, 3.63) is 62.8 Å². The van der Waals surface area contributed by atoms with E-state index in [1.165, 1.54) is 16.8 Å². The summed E-state index contributed by atoms with van der Waals surface area (Å²) >= 11 is 0. The van der Waals surface area contributed by atoms with E-state index in [4.69, 9.17) is 4.74 Å². The van der Waals surface area contributed by atoms with Crippen LogP contribution in [-0.2, 0) is 11.3 Å². The van der Waals surface area contributed by atoms with Crippen molar-refractivity contribution >= 4 is 11.8 Å². The van der Waals surface area contributed by atoms with Gasteiger partial charge in [0.15, 0.2) is 11.4 Å². The predicted molar refractivity (Wildman–Crippen MR) is 114 cm³/mol. The van der Waals surface area contributed by atoms with E-state index in [9.17, 15) is 23.9 Å². The van der Waals surface area contributed by atoms with E-state index >= 15 is 0 Å². The van der Waals surface area contributed by atoms with Crippen LogP contribution < -0.4 is 10.7 Å². The highest BCUT2D eigenvalue weighted by molar-refractivity contribution is 5.99. The summed E-state index contributed by atoms with van der Waals surface area (Å²) in [5, 5.41) is 13.2. The monoisotopic (exact) mass is 443 g/mol. The van der Waals surface area contributed by atoms with Gasteiger partial charge in [-0.2, -0.15) is 0 Å². The van der Waals surface area contributed by atoms with Crippen molar-refractivity contribution in [3.63, 3.8) is 0 Å². The van der Waals surface area contributed by atoms with Crippen LogP contribution in [0.5, 0.6) is 5.75 Å². The highest BCUT2D eigenvalue weighted by Crippen LogP contribution is 2.35. The van der Waals surface area contributed by atoms with Crippen molar-refractivity contribution in [2.45, 2.75) is 51.4 Å². The molecule has 2 bridgehead atoms. The van der Waals surface area contributed by atoms with E-state index in [0.717, 1.165) is 12.0 Å². The van der Waals surface area contributed by atoms with Gasteiger partial charge >= 0.3 is 0 Å². The van der Waals surface area contributed by atoms with Gasteiger partial charge in [-0.1, -0.05) is 12.1 Å². The molecule has 1 saturated heterocycles. The zero-order valence-electron chi connectivity index (χ0n) is 18.2. The molecule has 1 aromatic carbocycles. The van der Waals surface area contributed by atoms with E-state index in [1.807, 2.05) is 6.92 Å². The summed E-state index contributed by atoms with van der Waals surface area (Å²) in [5.41, 5.74) is -0.364. The van der Waals surface area contributed by atoms with Gasteiger partial charge in [-0.25, -0.2) is 4.39 Å². The van der Waals surface area contributed by atoms with E-state index in [-0.39, 0.29) is 41.6 Å². The second-order valence-corrected chi connectivity index (χ2v) is 8.48. The van der Waals surface area contributed by atoms with Crippen molar-refractivity contribution in [2.75, 3.05) is 13.7 Å². The molecular weight excluding hydrogens is 417 g/mol. The molecule has 4 rings (SSSR count). The Balaban J connectivity index is 1.71. The number of amides is 2. The van der Waals surface area contributed by atoms with E-state index < -0.39 is 28.8 Å². The zero-order valence-corrected chi connectivity index (χ0v) is 18.2. The molecule has 9 heteroatoms. The fraction of sp³-hybridized carbons (Fsp3) is 0.435. The number of fused-ring (bicyclic) bond motifs is 4. The second kappa shape index (κ2) is 8.38. The van der Waals surface area contributed by atoms with Gasteiger partial charge in [0.05, 0.1) is 12.1 Å². The number of carbonyl (C=O) groups excluding carboxylic acids is 2. The van der Waals surface area contributed by atoms with Crippen molar-refractivity contribution in [3.8, 4) is 5.75 Å². The predicted octanol–water partition coefficient (Wildman–Crippen LogP) is 2.13. The number of aryl methyl sites for hydroxylation is 1. The molecule has 0 aliphatic carbocycles. The first-order chi connectivity index (χ1) is 15.2. The van der Waals surface area contributed by atoms with Gasteiger partial charge in [0.1, 0.15) is 11.4 Å². The number of aromatic hydroxyl groups is 1. The quantitative estimate of drug-likeness (QED) is 0.754. The van der Waals surface area contributed by atoms with Gasteiger partial charge in [0.2, 0.25) is 5.43 Å². The topological polar surface area (TPSA) is 101 Å². The average molecular weight is 443 g/mol. The maximum absolute atomic E-state index is 14.1. The number of hydrogen-bond acceptors (Lipinski definition) is 5. The standard InChI is InChI=1S/C23H26FN3O5/c1-12-4-6-14(16(24)8-12)9-25-22(30)15-10-27-17-11-26(13(2)5-7-18(17)32-3)23(31)19(27)21(29)20(15)28/h4,6,8,10,13,17-18,29H,5,7,9,11H2,1-3H3,(H,25,30)/t13-,17+,18-/m0/s1. The average Bonchev–Trinajstić information content (AvgIpc) is 2.90. The third-order valence-electron chi connectivity index (χ3n) is 6.44. The highest BCUT2D eigenvalue weighted by Gasteiger charge is 2.42. The SMILES string of the molecule is CO[C@H]1CC[C@H](C)N2C[C@H]1n1cc(C(=O)NCc3ccc(C)cc3F)c(=O)c(O)c1C2=O. The smallest absolute Gasteiger partial charge is 0.274 e. The minimum absolute atomic E-state index is 0.0687. The number of aromatic nitrogens is 1. The van der Waals surface area contributed by atoms with Gasteiger partial charge in [-0.3, -0.25) is 14.4 Å². The van der Waals surface area contributed by atoms with Crippen molar-refractivity contribution in [2.24, 2.45) is 0 Å². The maximum Gasteiger partial charge on any atom is 0.274 e. The number of carbonyl (C=O) groups is 2. The Morgan fingerprint density at radius 1 is 1.31 bits per heavy atom. The van der Waals surface area contributed by atoms with Crippen LogP contribution >= 0.6 is 0 Å². The molecule has 2 aromatic rings. The van der Waals surface area contributed by atoms with Crippen LogP contribution in [0.15, 0.2) is 29.2 Å². The molecule has 2 amide bonds. The molecule has 3 heterocycles. The van der Waals surface area contributed by atoms with Gasteiger partial charge < -0.3 is 24.6 Å². The lowest BCUT2D eigenvalue weighted by atomic mass is 10.0. The molecule has 1 aromatic heterocycles. The molecule has 0 saturated carbocycles. The zero-order chi connectivity index (χ0) is 23.2. The van der Waals surface area contributed by atoms with Crippen molar-refractivity contribution in [1.82, 2.24) is 14.8 Å². The molecule has 32 heavy (non-hydrogen) atoms. The van der Waals surface area contributed by atoms with Crippen LogP contribution in [0.2, 0.25) is 0 Å². The molecule has 0 spiro atoms. The number of pyridine rings is 1. The number of halogens is 1. The van der Waals surface area contributed by atoms with Crippen LogP contribution in [0.4, 0.5) is 4.39 Å². The Labute approximate surface area is 184 Å². The first kappa shape index (κ1) is 22.0. The Hall–Kier alpha value is -3.20. The third-order valence-corrected chi connectivity index (χ3v) is 6.44. The van der Waals surface area contributed by atoms with Crippen LogP contribution in [0.3, 0.4) is 0 Å². The lowest BCUT2D eigenvalue weighted by Gasteiger charge is -2.38. The summed E-state index contributed by atoms with van der Waals surface area (Å²) in [7, 11) is 1.58. The molecule has 3 atom stereocenters. The number of nitrogens with zero attached hydrogens (tertiary/aromatic N) is 2. The minimum atomic E-state index is -0.937. The van der Waals surface area contributed by atoms with Crippen molar-refractivity contribution < 1.29 is 23.8 Å². The largest absolute Gasteiger partial charge is 0.503 e. The normalized spacial score (nSPS) is 22.3. The molecular formula is C23H26FN3O5. The molecule has 170 valence electrons. The number of benzene rings is 1. The summed E-state index contributed by atoms with van der Waals surface area (Å²) in [6.07, 6.45) is 2.46. The number of hydrogen-bond donors (Lipinski definition) is 2. The van der Waals surface area contributed by atoms with Crippen LogP contribution in [-0.4, -0.2) is 52.2 Å². The highest BCUT2D eigenvalue weighted by atomic mass is 19.1. The van der Waals surface area contributed by atoms with Gasteiger partial charge in [-0.15, -0.1) is 0 Å².